The van der Waals surface area contributed by atoms with Crippen LogP contribution in [0.25, 0.3) is 0 Å². The van der Waals surface area contributed by atoms with E-state index >= 15 is 0 Å². The zero-order valence-corrected chi connectivity index (χ0v) is 12.3. The number of aliphatic hydroxyl groups is 5. The van der Waals surface area contributed by atoms with Crippen LogP contribution >= 0.6 is 0 Å². The van der Waals surface area contributed by atoms with Crippen molar-refractivity contribution in [1.82, 2.24) is 0 Å². The predicted octanol–water partition coefficient (Wildman–Crippen LogP) is 0.932. The Labute approximate surface area is 118 Å². The molecule has 6 nitrogen and oxygen atoms in total. The van der Waals surface area contributed by atoms with Crippen LogP contribution in [0.4, 0.5) is 0 Å². The molecule has 0 spiro atoms. The minimum absolute atomic E-state index is 0.0573. The van der Waals surface area contributed by atoms with Crippen LogP contribution in [0.1, 0.15) is 34.1 Å². The van der Waals surface area contributed by atoms with Gasteiger partial charge < -0.3 is 30.3 Å². The van der Waals surface area contributed by atoms with Crippen molar-refractivity contribution < 1.29 is 30.3 Å². The smallest absolute Gasteiger partial charge is 0.152 e. The third-order valence-corrected chi connectivity index (χ3v) is 3.41. The maximum Gasteiger partial charge on any atom is 0.152 e. The van der Waals surface area contributed by atoms with Gasteiger partial charge in [-0.15, -0.1) is 0 Å². The van der Waals surface area contributed by atoms with Gasteiger partial charge in [-0.3, -0.25) is 0 Å². The first-order chi connectivity index (χ1) is 9.11. The summed E-state index contributed by atoms with van der Waals surface area (Å²) in [6.07, 6.45) is -3.79. The summed E-state index contributed by atoms with van der Waals surface area (Å²) in [6.45, 7) is 6.71. The number of allylic oxidation sites excluding steroid dienone is 2. The van der Waals surface area contributed by atoms with Gasteiger partial charge >= 0.3 is 0 Å². The lowest BCUT2D eigenvalue weighted by molar-refractivity contribution is -0.125. The third-order valence-electron chi connectivity index (χ3n) is 3.41. The van der Waals surface area contributed by atoms with E-state index in [1.165, 1.54) is 0 Å². The second-order valence-electron chi connectivity index (χ2n) is 5.71. The Morgan fingerprint density at radius 1 is 1.15 bits per heavy atom. The van der Waals surface area contributed by atoms with Crippen LogP contribution in [-0.4, -0.2) is 56.1 Å². The van der Waals surface area contributed by atoms with Crippen LogP contribution in [0, 0.1) is 0 Å². The van der Waals surface area contributed by atoms with Gasteiger partial charge in [0.2, 0.25) is 0 Å². The molecule has 1 aliphatic rings. The Kier molecular flexibility index (Phi) is 5.21. The highest BCUT2D eigenvalue weighted by Crippen LogP contribution is 2.34. The topological polar surface area (TPSA) is 114 Å². The highest BCUT2D eigenvalue weighted by molar-refractivity contribution is 5.22. The van der Waals surface area contributed by atoms with Gasteiger partial charge in [0, 0.05) is 6.42 Å². The number of rotatable bonds is 6. The maximum atomic E-state index is 10.6. The van der Waals surface area contributed by atoms with E-state index in [-0.39, 0.29) is 12.5 Å². The summed E-state index contributed by atoms with van der Waals surface area (Å²) >= 11 is 0. The maximum absolute atomic E-state index is 10.6. The Morgan fingerprint density at radius 3 is 2.00 bits per heavy atom. The third kappa shape index (κ3) is 3.52. The first kappa shape index (κ1) is 17.0. The largest absolute Gasteiger partial charge is 0.510 e. The van der Waals surface area contributed by atoms with E-state index in [0.29, 0.717) is 17.8 Å². The summed E-state index contributed by atoms with van der Waals surface area (Å²) in [5, 5.41) is 50.6. The number of hydrogen-bond donors (Lipinski definition) is 5. The predicted molar refractivity (Wildman–Crippen MR) is 73.3 cm³/mol. The summed E-state index contributed by atoms with van der Waals surface area (Å²) in [5.74, 6) is -0.838. The van der Waals surface area contributed by atoms with E-state index in [1.54, 1.807) is 27.7 Å². The fourth-order valence-electron chi connectivity index (χ4n) is 2.03. The average molecular weight is 288 g/mol. The molecule has 0 amide bonds. The summed E-state index contributed by atoms with van der Waals surface area (Å²) < 4.78 is 5.01. The number of hydrogen-bond acceptors (Lipinski definition) is 6. The van der Waals surface area contributed by atoms with Gasteiger partial charge in [-0.2, -0.15) is 0 Å². The number of ether oxygens (including phenoxy) is 1. The Morgan fingerprint density at radius 2 is 1.65 bits per heavy atom. The van der Waals surface area contributed by atoms with Gasteiger partial charge in [0.15, 0.2) is 5.60 Å². The van der Waals surface area contributed by atoms with E-state index in [1.807, 2.05) is 0 Å². The molecular weight excluding hydrogens is 264 g/mol. The first-order valence-electron chi connectivity index (χ1n) is 6.54. The van der Waals surface area contributed by atoms with Gasteiger partial charge in [0.1, 0.15) is 23.7 Å². The molecule has 0 saturated carbocycles. The van der Waals surface area contributed by atoms with Gasteiger partial charge in [0.05, 0.1) is 12.7 Å². The molecule has 1 aliphatic heterocycles. The molecule has 1 saturated heterocycles. The molecule has 0 aliphatic carbocycles. The lowest BCUT2D eigenvalue weighted by Crippen LogP contribution is -2.52. The van der Waals surface area contributed by atoms with E-state index in [4.69, 9.17) is 4.74 Å². The molecule has 116 valence electrons. The molecule has 0 aromatic heterocycles. The van der Waals surface area contributed by atoms with Crippen LogP contribution < -0.4 is 0 Å². The van der Waals surface area contributed by atoms with Crippen molar-refractivity contribution in [3.8, 4) is 0 Å². The van der Waals surface area contributed by atoms with Gasteiger partial charge in [-0.05, 0) is 38.8 Å². The van der Waals surface area contributed by atoms with Crippen molar-refractivity contribution in [1.29, 1.82) is 0 Å². The van der Waals surface area contributed by atoms with E-state index in [2.05, 4.69) is 0 Å². The molecule has 20 heavy (non-hydrogen) atoms. The quantitative estimate of drug-likeness (QED) is 0.367. The van der Waals surface area contributed by atoms with E-state index in [0.717, 1.165) is 0 Å². The lowest BCUT2D eigenvalue weighted by Gasteiger charge is -2.35. The second kappa shape index (κ2) is 6.13. The Bertz CT molecular complexity index is 415. The van der Waals surface area contributed by atoms with E-state index < -0.39 is 29.3 Å². The lowest BCUT2D eigenvalue weighted by atomic mass is 9.83. The molecule has 6 heteroatoms. The van der Waals surface area contributed by atoms with Crippen LogP contribution in [-0.2, 0) is 4.74 Å². The molecular formula is C14H24O6. The fraction of sp³-hybridized carbons (Fsp3) is 0.714. The van der Waals surface area contributed by atoms with Gasteiger partial charge in [0.25, 0.3) is 0 Å². The molecule has 0 bridgehead atoms. The molecule has 4 atom stereocenters. The van der Waals surface area contributed by atoms with Crippen molar-refractivity contribution in [2.45, 2.75) is 58.0 Å². The van der Waals surface area contributed by atoms with Crippen molar-refractivity contribution in [3.05, 3.63) is 22.7 Å². The summed E-state index contributed by atoms with van der Waals surface area (Å²) in [7, 11) is 0. The second-order valence-corrected chi connectivity index (χ2v) is 5.71. The SMILES string of the molecule is CC(C)=C(O)[C@@H](O)[C@@H](O)[C@](O)(CC1CO1)C(O)=C(C)C. The van der Waals surface area contributed by atoms with Crippen LogP contribution in [0.5, 0.6) is 0 Å². The Hall–Kier alpha value is -1.08. The molecule has 0 aromatic rings. The first-order valence-corrected chi connectivity index (χ1v) is 6.54. The molecule has 1 fully saturated rings. The van der Waals surface area contributed by atoms with Crippen LogP contribution in [0.2, 0.25) is 0 Å². The zero-order valence-electron chi connectivity index (χ0n) is 12.3. The number of epoxide rings is 1. The summed E-state index contributed by atoms with van der Waals surface area (Å²) in [6, 6.07) is 0. The minimum Gasteiger partial charge on any atom is -0.510 e. The minimum atomic E-state index is -2.07. The highest BCUT2D eigenvalue weighted by atomic mass is 16.6. The zero-order chi connectivity index (χ0) is 15.7. The molecule has 5 N–H and O–H groups in total. The molecule has 0 radical (unpaired) electrons. The fourth-order valence-corrected chi connectivity index (χ4v) is 2.03. The van der Waals surface area contributed by atoms with Gasteiger partial charge in [-0.25, -0.2) is 0 Å². The normalized spacial score (nSPS) is 23.4. The highest BCUT2D eigenvalue weighted by Gasteiger charge is 2.49. The van der Waals surface area contributed by atoms with Crippen molar-refractivity contribution in [3.63, 3.8) is 0 Å². The molecule has 0 aromatic carbocycles. The average Bonchev–Trinajstić information content (AvgIpc) is 3.18. The van der Waals surface area contributed by atoms with Crippen molar-refractivity contribution >= 4 is 0 Å². The molecule has 1 unspecified atom stereocenters. The van der Waals surface area contributed by atoms with E-state index in [9.17, 15) is 25.5 Å². The monoisotopic (exact) mass is 288 g/mol. The van der Waals surface area contributed by atoms with Crippen LogP contribution in [0.15, 0.2) is 22.7 Å². The van der Waals surface area contributed by atoms with Crippen LogP contribution in [0.3, 0.4) is 0 Å². The van der Waals surface area contributed by atoms with Crippen molar-refractivity contribution in [2.75, 3.05) is 6.61 Å². The molecule has 1 rings (SSSR count). The number of aliphatic hydroxyl groups excluding tert-OH is 4. The summed E-state index contributed by atoms with van der Waals surface area (Å²) in [4.78, 5) is 0. The molecule has 1 heterocycles. The standard InChI is InChI=1S/C14H24O6/c1-7(2)10(15)11(16)13(18)14(19,5-9-6-20-9)12(17)8(3)4/h9,11,13,15-19H,5-6H2,1-4H3/t9?,11-,13-,14+/m1/s1. The Balaban J connectivity index is 3.10. The van der Waals surface area contributed by atoms with Crippen molar-refractivity contribution in [2.24, 2.45) is 0 Å². The van der Waals surface area contributed by atoms with Gasteiger partial charge in [-0.1, -0.05) is 0 Å². The summed E-state index contributed by atoms with van der Waals surface area (Å²) in [5.41, 5.74) is -1.24.